The molecule has 2 aromatic carbocycles. The summed E-state index contributed by atoms with van der Waals surface area (Å²) >= 11 is 0. The van der Waals surface area contributed by atoms with E-state index in [9.17, 15) is 4.79 Å². The molecule has 0 radical (unpaired) electrons. The van der Waals surface area contributed by atoms with Gasteiger partial charge in [-0.1, -0.05) is 30.3 Å². The number of nitriles is 1. The number of nitrogens with zero attached hydrogens (tertiary/aromatic N) is 3. The molecule has 140 valence electrons. The fraction of sp³-hybridized carbons (Fsp3) is 0.364. The van der Waals surface area contributed by atoms with Gasteiger partial charge in [0.25, 0.3) is 5.91 Å². The fourth-order valence-electron chi connectivity index (χ4n) is 3.37. The minimum absolute atomic E-state index is 0.0823. The van der Waals surface area contributed by atoms with Crippen LogP contribution in [-0.4, -0.2) is 37.6 Å². The fourth-order valence-corrected chi connectivity index (χ4v) is 3.37. The number of anilines is 1. The lowest BCUT2D eigenvalue weighted by molar-refractivity contribution is -0.132. The van der Waals surface area contributed by atoms with Crippen molar-refractivity contribution in [1.82, 2.24) is 4.90 Å². The number of amides is 1. The molecule has 1 fully saturated rings. The van der Waals surface area contributed by atoms with E-state index in [1.165, 1.54) is 24.9 Å². The third-order valence-electron chi connectivity index (χ3n) is 4.88. The molecule has 27 heavy (non-hydrogen) atoms. The highest BCUT2D eigenvalue weighted by Gasteiger charge is 2.17. The number of hydrogen-bond donors (Lipinski definition) is 0. The highest BCUT2D eigenvalue weighted by Crippen LogP contribution is 2.25. The molecule has 0 unspecified atom stereocenters. The quantitative estimate of drug-likeness (QED) is 0.787. The topological polar surface area (TPSA) is 56.6 Å². The van der Waals surface area contributed by atoms with E-state index in [2.05, 4.69) is 29.2 Å². The van der Waals surface area contributed by atoms with Crippen molar-refractivity contribution in [2.24, 2.45) is 0 Å². The smallest absolute Gasteiger partial charge is 0.260 e. The number of piperidine rings is 1. The van der Waals surface area contributed by atoms with Crippen molar-refractivity contribution in [3.63, 3.8) is 0 Å². The molecule has 0 spiro atoms. The third-order valence-corrected chi connectivity index (χ3v) is 4.88. The summed E-state index contributed by atoms with van der Waals surface area (Å²) in [6.07, 6.45) is 3.73. The number of para-hydroxylation sites is 2. The Bertz CT molecular complexity index is 822. The molecule has 2 aromatic rings. The summed E-state index contributed by atoms with van der Waals surface area (Å²) in [4.78, 5) is 16.6. The SMILES string of the molecule is CN(Cc1ccccc1N1CCCCC1)C(=O)COc1ccccc1C#N. The molecule has 3 rings (SSSR count). The van der Waals surface area contributed by atoms with Gasteiger partial charge in [-0.15, -0.1) is 0 Å². The zero-order valence-electron chi connectivity index (χ0n) is 15.7. The molecule has 0 bridgehead atoms. The molecule has 0 aromatic heterocycles. The van der Waals surface area contributed by atoms with Gasteiger partial charge in [-0.25, -0.2) is 0 Å². The maximum Gasteiger partial charge on any atom is 0.260 e. The minimum Gasteiger partial charge on any atom is -0.482 e. The highest BCUT2D eigenvalue weighted by atomic mass is 16.5. The molecule has 0 aliphatic carbocycles. The molecule has 1 aliphatic rings. The summed E-state index contributed by atoms with van der Waals surface area (Å²) < 4.78 is 5.57. The number of likely N-dealkylation sites (N-methyl/N-ethyl adjacent to an activating group) is 1. The Morgan fingerprint density at radius 1 is 1.11 bits per heavy atom. The highest BCUT2D eigenvalue weighted by molar-refractivity contribution is 5.77. The monoisotopic (exact) mass is 363 g/mol. The molecule has 5 nitrogen and oxygen atoms in total. The Balaban J connectivity index is 1.62. The van der Waals surface area contributed by atoms with Crippen molar-refractivity contribution < 1.29 is 9.53 Å². The van der Waals surface area contributed by atoms with Crippen molar-refractivity contribution >= 4 is 11.6 Å². The standard InChI is InChI=1S/C22H25N3O2/c1-24(22(26)17-27-21-12-6-4-9-18(21)15-23)16-19-10-3-5-11-20(19)25-13-7-2-8-14-25/h3-6,9-12H,2,7-8,13-14,16-17H2,1H3. The number of carbonyl (C=O) groups excluding carboxylic acids is 1. The maximum absolute atomic E-state index is 12.5. The second-order valence-electron chi connectivity index (χ2n) is 6.82. The first kappa shape index (κ1) is 18.8. The lowest BCUT2D eigenvalue weighted by Crippen LogP contribution is -2.33. The molecule has 1 saturated heterocycles. The average Bonchev–Trinajstić information content (AvgIpc) is 2.73. The Hall–Kier alpha value is -3.00. The molecular weight excluding hydrogens is 338 g/mol. The second-order valence-corrected chi connectivity index (χ2v) is 6.82. The van der Waals surface area contributed by atoms with Crippen LogP contribution in [0.25, 0.3) is 0 Å². The van der Waals surface area contributed by atoms with Gasteiger partial charge in [0.1, 0.15) is 11.8 Å². The van der Waals surface area contributed by atoms with E-state index in [1.807, 2.05) is 6.07 Å². The predicted octanol–water partition coefficient (Wildman–Crippen LogP) is 3.59. The molecule has 1 amide bonds. The molecule has 1 aliphatic heterocycles. The molecule has 1 heterocycles. The van der Waals surface area contributed by atoms with Crippen LogP contribution in [0, 0.1) is 11.3 Å². The zero-order valence-corrected chi connectivity index (χ0v) is 15.7. The van der Waals surface area contributed by atoms with E-state index < -0.39 is 0 Å². The van der Waals surface area contributed by atoms with Gasteiger partial charge >= 0.3 is 0 Å². The van der Waals surface area contributed by atoms with Crippen molar-refractivity contribution in [1.29, 1.82) is 5.26 Å². The lowest BCUT2D eigenvalue weighted by Gasteiger charge is -2.31. The Morgan fingerprint density at radius 3 is 2.59 bits per heavy atom. The first-order chi connectivity index (χ1) is 13.2. The van der Waals surface area contributed by atoms with Gasteiger partial charge < -0.3 is 14.5 Å². The number of rotatable bonds is 6. The van der Waals surface area contributed by atoms with Crippen LogP contribution in [0.15, 0.2) is 48.5 Å². The van der Waals surface area contributed by atoms with Crippen molar-refractivity contribution in [2.75, 3.05) is 31.6 Å². The van der Waals surface area contributed by atoms with Crippen molar-refractivity contribution in [2.45, 2.75) is 25.8 Å². The zero-order chi connectivity index (χ0) is 19.1. The number of carbonyl (C=O) groups is 1. The van der Waals surface area contributed by atoms with Gasteiger partial charge in [-0.2, -0.15) is 5.26 Å². The summed E-state index contributed by atoms with van der Waals surface area (Å²) in [5, 5.41) is 9.11. The van der Waals surface area contributed by atoms with Crippen LogP contribution in [0.2, 0.25) is 0 Å². The lowest BCUT2D eigenvalue weighted by atomic mass is 10.1. The maximum atomic E-state index is 12.5. The van der Waals surface area contributed by atoms with Gasteiger partial charge in [0, 0.05) is 32.4 Å². The van der Waals surface area contributed by atoms with Gasteiger partial charge in [0.05, 0.1) is 5.56 Å². The van der Waals surface area contributed by atoms with Crippen LogP contribution in [-0.2, 0) is 11.3 Å². The van der Waals surface area contributed by atoms with Crippen LogP contribution in [0.5, 0.6) is 5.75 Å². The molecule has 0 atom stereocenters. The molecule has 0 saturated carbocycles. The normalized spacial score (nSPS) is 13.7. The van der Waals surface area contributed by atoms with E-state index in [1.54, 1.807) is 36.2 Å². The molecule has 0 N–H and O–H groups in total. The average molecular weight is 363 g/mol. The van der Waals surface area contributed by atoms with Gasteiger partial charge in [0.2, 0.25) is 0 Å². The number of benzene rings is 2. The third kappa shape index (κ3) is 4.79. The Morgan fingerprint density at radius 2 is 1.81 bits per heavy atom. The van der Waals surface area contributed by atoms with Crippen LogP contribution >= 0.6 is 0 Å². The van der Waals surface area contributed by atoms with Crippen molar-refractivity contribution in [3.05, 3.63) is 59.7 Å². The largest absolute Gasteiger partial charge is 0.482 e. The number of ether oxygens (including phenoxy) is 1. The van der Waals surface area contributed by atoms with Crippen molar-refractivity contribution in [3.8, 4) is 11.8 Å². The van der Waals surface area contributed by atoms with Crippen LogP contribution in [0.3, 0.4) is 0 Å². The summed E-state index contributed by atoms with van der Waals surface area (Å²) in [7, 11) is 1.79. The summed E-state index contributed by atoms with van der Waals surface area (Å²) in [5.74, 6) is 0.326. The summed E-state index contributed by atoms with van der Waals surface area (Å²) in [5.41, 5.74) is 2.80. The van der Waals surface area contributed by atoms with E-state index in [4.69, 9.17) is 10.00 Å². The van der Waals surface area contributed by atoms with E-state index >= 15 is 0 Å². The van der Waals surface area contributed by atoms with Gasteiger partial charge in [0.15, 0.2) is 6.61 Å². The van der Waals surface area contributed by atoms with E-state index in [0.717, 1.165) is 18.7 Å². The predicted molar refractivity (Wildman–Crippen MR) is 106 cm³/mol. The van der Waals surface area contributed by atoms with Gasteiger partial charge in [-0.3, -0.25) is 4.79 Å². The molecule has 5 heteroatoms. The first-order valence-electron chi connectivity index (χ1n) is 9.38. The molecular formula is C22H25N3O2. The van der Waals surface area contributed by atoms with Crippen LogP contribution < -0.4 is 9.64 Å². The number of hydrogen-bond acceptors (Lipinski definition) is 4. The van der Waals surface area contributed by atoms with E-state index in [-0.39, 0.29) is 12.5 Å². The first-order valence-corrected chi connectivity index (χ1v) is 9.38. The Labute approximate surface area is 160 Å². The van der Waals surface area contributed by atoms with E-state index in [0.29, 0.717) is 17.9 Å². The summed E-state index contributed by atoms with van der Waals surface area (Å²) in [6.45, 7) is 2.60. The Kier molecular flexibility index (Phi) is 6.32. The summed E-state index contributed by atoms with van der Waals surface area (Å²) in [6, 6.07) is 17.3. The van der Waals surface area contributed by atoms with Crippen LogP contribution in [0.1, 0.15) is 30.4 Å². The van der Waals surface area contributed by atoms with Gasteiger partial charge in [-0.05, 0) is 43.0 Å². The minimum atomic E-state index is -0.115. The second kappa shape index (κ2) is 9.09. The van der Waals surface area contributed by atoms with Crippen LogP contribution in [0.4, 0.5) is 5.69 Å².